The lowest BCUT2D eigenvalue weighted by Crippen LogP contribution is -2.42. The van der Waals surface area contributed by atoms with Crippen LogP contribution in [0.1, 0.15) is 22.8 Å². The molecule has 2 bridgehead atoms. The summed E-state index contributed by atoms with van der Waals surface area (Å²) in [6, 6.07) is 14.5. The number of imide groups is 1. The Morgan fingerprint density at radius 3 is 2.51 bits per heavy atom. The van der Waals surface area contributed by atoms with Gasteiger partial charge in [0, 0.05) is 16.0 Å². The summed E-state index contributed by atoms with van der Waals surface area (Å²) in [7, 11) is 1.52. The van der Waals surface area contributed by atoms with Gasteiger partial charge in [0.2, 0.25) is 11.8 Å². The average Bonchev–Trinajstić information content (AvgIpc) is 3.59. The van der Waals surface area contributed by atoms with E-state index in [-0.39, 0.29) is 63.2 Å². The van der Waals surface area contributed by atoms with Crippen LogP contribution in [-0.4, -0.2) is 34.3 Å². The van der Waals surface area contributed by atoms with Crippen molar-refractivity contribution in [1.82, 2.24) is 4.98 Å². The fourth-order valence-corrected chi connectivity index (χ4v) is 10.00. The van der Waals surface area contributed by atoms with Crippen molar-refractivity contribution in [3.8, 4) is 11.5 Å². The topological polar surface area (TPSA) is 99.7 Å². The molecule has 2 saturated carbocycles. The van der Waals surface area contributed by atoms with E-state index < -0.39 is 0 Å². The standard InChI is InChI=1S/C26H22N2O5S2/c1-33-16-9-11(7-8-15(16)29)17-18-13-10-14(21(18)34-23-22(17)35-26(32)27-23)20-19(13)24(30)28(25(20)31)12-5-3-2-4-6-12/h2-9,13-14,17-21,29H,10H2,1H3,(H,27,32)/t13-,14-,17?,18?,19?,20?,21?/m1/s1. The minimum Gasteiger partial charge on any atom is -0.504 e. The third-order valence-corrected chi connectivity index (χ3v) is 10.9. The van der Waals surface area contributed by atoms with Gasteiger partial charge in [0.05, 0.1) is 29.7 Å². The number of aromatic nitrogens is 1. The third-order valence-electron chi connectivity index (χ3n) is 8.30. The molecule has 1 aromatic heterocycles. The van der Waals surface area contributed by atoms with Gasteiger partial charge in [-0.25, -0.2) is 0 Å². The van der Waals surface area contributed by atoms with Crippen LogP contribution in [0, 0.1) is 29.6 Å². The van der Waals surface area contributed by atoms with E-state index in [1.54, 1.807) is 17.8 Å². The van der Waals surface area contributed by atoms with E-state index in [2.05, 4.69) is 4.98 Å². The summed E-state index contributed by atoms with van der Waals surface area (Å²) in [6.07, 6.45) is 0.836. The average molecular weight is 507 g/mol. The first kappa shape index (κ1) is 21.3. The smallest absolute Gasteiger partial charge is 0.305 e. The predicted octanol–water partition coefficient (Wildman–Crippen LogP) is 3.83. The number of aromatic hydroxyl groups is 1. The van der Waals surface area contributed by atoms with Crippen LogP contribution in [0.25, 0.3) is 0 Å². The van der Waals surface area contributed by atoms with Gasteiger partial charge in [-0.15, -0.1) is 11.8 Å². The Balaban J connectivity index is 1.34. The molecule has 3 fully saturated rings. The number of phenolic OH excluding ortho intramolecular Hbond substituents is 1. The van der Waals surface area contributed by atoms with Gasteiger partial charge in [0.25, 0.3) is 0 Å². The van der Waals surface area contributed by atoms with Crippen LogP contribution >= 0.6 is 23.1 Å². The van der Waals surface area contributed by atoms with Crippen molar-refractivity contribution < 1.29 is 19.4 Å². The molecule has 7 atom stereocenters. The Morgan fingerprint density at radius 2 is 1.77 bits per heavy atom. The van der Waals surface area contributed by atoms with E-state index in [1.807, 2.05) is 42.5 Å². The summed E-state index contributed by atoms with van der Waals surface area (Å²) in [4.78, 5) is 44.9. The molecule has 4 aliphatic rings. The van der Waals surface area contributed by atoms with Crippen LogP contribution in [0.15, 0.2) is 58.4 Å². The highest BCUT2D eigenvalue weighted by atomic mass is 32.2. The van der Waals surface area contributed by atoms with Crippen molar-refractivity contribution in [3.63, 3.8) is 0 Å². The third kappa shape index (κ3) is 2.82. The number of anilines is 1. The molecular weight excluding hydrogens is 484 g/mol. The van der Waals surface area contributed by atoms with Crippen molar-refractivity contribution in [2.75, 3.05) is 12.0 Å². The highest BCUT2D eigenvalue weighted by Crippen LogP contribution is 2.68. The van der Waals surface area contributed by atoms with Gasteiger partial charge in [-0.2, -0.15) is 0 Å². The highest BCUT2D eigenvalue weighted by Gasteiger charge is 2.69. The van der Waals surface area contributed by atoms with Crippen molar-refractivity contribution >= 4 is 40.6 Å². The summed E-state index contributed by atoms with van der Waals surface area (Å²) in [5.74, 6) is -0.301. The molecule has 2 aliphatic heterocycles. The van der Waals surface area contributed by atoms with Crippen molar-refractivity contribution in [3.05, 3.63) is 68.6 Å². The number of hydrogen-bond acceptors (Lipinski definition) is 7. The number of thiazole rings is 1. The Bertz CT molecular complexity index is 1430. The summed E-state index contributed by atoms with van der Waals surface area (Å²) >= 11 is 2.88. The van der Waals surface area contributed by atoms with Crippen LogP contribution < -0.4 is 14.5 Å². The number of rotatable bonds is 3. The summed E-state index contributed by atoms with van der Waals surface area (Å²) in [6.45, 7) is 0. The van der Waals surface area contributed by atoms with Crippen molar-refractivity contribution in [2.45, 2.75) is 22.6 Å². The molecule has 3 heterocycles. The minimum absolute atomic E-state index is 0.0443. The van der Waals surface area contributed by atoms with E-state index >= 15 is 0 Å². The molecule has 2 aliphatic carbocycles. The van der Waals surface area contributed by atoms with Gasteiger partial charge in [0.1, 0.15) is 0 Å². The number of thioether (sulfide) groups is 1. The lowest BCUT2D eigenvalue weighted by molar-refractivity contribution is -0.123. The highest BCUT2D eigenvalue weighted by molar-refractivity contribution is 8.00. The minimum atomic E-state index is -0.340. The second-order valence-corrected chi connectivity index (χ2v) is 11.9. The number of methoxy groups -OCH3 is 1. The number of phenols is 1. The van der Waals surface area contributed by atoms with Gasteiger partial charge in [0.15, 0.2) is 11.5 Å². The number of hydrogen-bond donors (Lipinski definition) is 2. The van der Waals surface area contributed by atoms with Crippen LogP contribution in [0.2, 0.25) is 0 Å². The second-order valence-electron chi connectivity index (χ2n) is 9.74. The number of para-hydroxylation sites is 1. The zero-order valence-corrected chi connectivity index (χ0v) is 20.3. The lowest BCUT2D eigenvalue weighted by atomic mass is 9.68. The molecule has 5 unspecified atom stereocenters. The molecule has 3 aromatic rings. The van der Waals surface area contributed by atoms with Crippen molar-refractivity contribution in [2.24, 2.45) is 29.6 Å². The number of nitrogens with zero attached hydrogens (tertiary/aromatic N) is 1. The molecule has 0 spiro atoms. The first-order chi connectivity index (χ1) is 17.0. The molecule has 2 aromatic carbocycles. The number of aromatic amines is 1. The number of H-pyrrole nitrogens is 1. The van der Waals surface area contributed by atoms with E-state index in [9.17, 15) is 19.5 Å². The zero-order valence-electron chi connectivity index (χ0n) is 18.7. The fourth-order valence-electron chi connectivity index (χ4n) is 7.11. The fraction of sp³-hybridized carbons (Fsp3) is 0.346. The Labute approximate surface area is 209 Å². The first-order valence-electron chi connectivity index (χ1n) is 11.7. The molecule has 9 heteroatoms. The quantitative estimate of drug-likeness (QED) is 0.524. The number of amides is 2. The summed E-state index contributed by atoms with van der Waals surface area (Å²) in [5.41, 5.74) is 1.59. The maximum absolute atomic E-state index is 13.7. The molecule has 7 nitrogen and oxygen atoms in total. The van der Waals surface area contributed by atoms with E-state index in [0.29, 0.717) is 11.4 Å². The summed E-state index contributed by atoms with van der Waals surface area (Å²) in [5, 5.41) is 11.2. The molecule has 178 valence electrons. The molecular formula is C26H22N2O5S2. The number of nitrogens with one attached hydrogen (secondary N) is 1. The Hall–Kier alpha value is -3.04. The molecule has 7 rings (SSSR count). The number of carbonyl (C=O) groups excluding carboxylic acids is 2. The second kappa shape index (κ2) is 7.48. The molecule has 0 radical (unpaired) electrons. The molecule has 2 N–H and O–H groups in total. The van der Waals surface area contributed by atoms with E-state index in [0.717, 1.165) is 21.9 Å². The monoisotopic (exact) mass is 506 g/mol. The first-order valence-corrected chi connectivity index (χ1v) is 13.4. The maximum Gasteiger partial charge on any atom is 0.305 e. The molecule has 1 saturated heterocycles. The molecule has 2 amide bonds. The number of carbonyl (C=O) groups is 2. The number of ether oxygens (including phenoxy) is 1. The van der Waals surface area contributed by atoms with Gasteiger partial charge in [-0.1, -0.05) is 35.6 Å². The summed E-state index contributed by atoms with van der Waals surface area (Å²) < 4.78 is 5.38. The zero-order chi connectivity index (χ0) is 24.0. The van der Waals surface area contributed by atoms with Crippen LogP contribution in [-0.2, 0) is 9.59 Å². The lowest BCUT2D eigenvalue weighted by Gasteiger charge is -2.43. The van der Waals surface area contributed by atoms with Crippen LogP contribution in [0.4, 0.5) is 5.69 Å². The SMILES string of the molecule is COc1cc(C2c3sc(=O)[nH]c3SC3C2[C@H]2C[C@@H]3C3C(=O)N(c4ccccc4)C(=O)C32)ccc1O. The van der Waals surface area contributed by atoms with Gasteiger partial charge in [-0.05, 0) is 54.0 Å². The van der Waals surface area contributed by atoms with Crippen LogP contribution in [0.3, 0.4) is 0 Å². The normalized spacial score (nSPS) is 32.5. The Morgan fingerprint density at radius 1 is 1.03 bits per heavy atom. The van der Waals surface area contributed by atoms with Crippen molar-refractivity contribution in [1.29, 1.82) is 0 Å². The van der Waals surface area contributed by atoms with E-state index in [1.165, 1.54) is 23.3 Å². The maximum atomic E-state index is 13.7. The largest absolute Gasteiger partial charge is 0.504 e. The number of fused-ring (bicyclic) bond motifs is 9. The van der Waals surface area contributed by atoms with Gasteiger partial charge < -0.3 is 14.8 Å². The Kier molecular flexibility index (Phi) is 4.54. The van der Waals surface area contributed by atoms with Gasteiger partial charge >= 0.3 is 4.87 Å². The van der Waals surface area contributed by atoms with Crippen LogP contribution in [0.5, 0.6) is 11.5 Å². The van der Waals surface area contributed by atoms with Gasteiger partial charge in [-0.3, -0.25) is 19.3 Å². The molecule has 35 heavy (non-hydrogen) atoms. The number of benzene rings is 2. The van der Waals surface area contributed by atoms with E-state index in [4.69, 9.17) is 4.74 Å². The predicted molar refractivity (Wildman–Crippen MR) is 132 cm³/mol.